The highest BCUT2D eigenvalue weighted by atomic mass is 32.1. The second-order valence-corrected chi connectivity index (χ2v) is 12.4. The quantitative estimate of drug-likeness (QED) is 0.118. The molecule has 0 saturated heterocycles. The third-order valence-electron chi connectivity index (χ3n) is 7.29. The second-order valence-electron chi connectivity index (χ2n) is 10.6. The van der Waals surface area contributed by atoms with Gasteiger partial charge in [0.15, 0.2) is 0 Å². The van der Waals surface area contributed by atoms with Gasteiger partial charge < -0.3 is 20.1 Å². The number of rotatable bonds is 11. The third kappa shape index (κ3) is 6.56. The number of methoxy groups -OCH3 is 2. The summed E-state index contributed by atoms with van der Waals surface area (Å²) < 4.78 is 129. The molecular formula is C32H24F8N2O6S2. The molecule has 50 heavy (non-hydrogen) atoms. The number of hydrogen-bond donors (Lipinski definition) is 2. The summed E-state index contributed by atoms with van der Waals surface area (Å²) in [6.07, 6.45) is 0. The Hall–Kier alpha value is -4.84. The fourth-order valence-electron chi connectivity index (χ4n) is 4.44. The number of aryl methyl sites for hydroxylation is 2. The Morgan fingerprint density at radius 2 is 0.860 bits per heavy atom. The fraction of sp³-hybridized carbons (Fsp3) is 0.250. The van der Waals surface area contributed by atoms with Crippen molar-refractivity contribution >= 4 is 56.4 Å². The summed E-state index contributed by atoms with van der Waals surface area (Å²) >= 11 is 0.704. The Labute approximate surface area is 286 Å². The predicted octanol–water partition coefficient (Wildman–Crippen LogP) is 8.45. The number of ether oxygens (including phenoxy) is 2. The van der Waals surface area contributed by atoms with Crippen molar-refractivity contribution in [2.45, 2.75) is 37.5 Å². The van der Waals surface area contributed by atoms with Crippen LogP contribution in [-0.2, 0) is 19.1 Å². The lowest BCUT2D eigenvalue weighted by Crippen LogP contribution is -2.67. The van der Waals surface area contributed by atoms with Crippen molar-refractivity contribution in [3.05, 3.63) is 81.5 Å². The topological polar surface area (TPSA) is 111 Å². The van der Waals surface area contributed by atoms with Gasteiger partial charge in [0, 0.05) is 21.9 Å². The van der Waals surface area contributed by atoms with Gasteiger partial charge in [0.05, 0.1) is 14.2 Å². The smallest absolute Gasteiger partial charge is 0.393 e. The standard InChI is InChI=1S/C32H24F8N2O6S2/c1-15-5-9-17(10-6-15)19-13-49-23(21(19)25(43)47-3)41-27(45)29(33,34)31(37,38)32(39,40)30(35,36)28(46)42-24-22(26(44)48-4)20(14-50-24)18-11-7-16(2)8-12-18/h5-14H,1-4H3,(H,41,45)(H,42,46). The van der Waals surface area contributed by atoms with Crippen molar-refractivity contribution in [1.82, 2.24) is 0 Å². The van der Waals surface area contributed by atoms with Crippen molar-refractivity contribution in [3.8, 4) is 22.3 Å². The number of amides is 2. The van der Waals surface area contributed by atoms with Crippen molar-refractivity contribution in [1.29, 1.82) is 0 Å². The number of carbonyl (C=O) groups excluding carboxylic acids is 4. The van der Waals surface area contributed by atoms with Crippen LogP contribution in [0.2, 0.25) is 0 Å². The lowest BCUT2D eigenvalue weighted by atomic mass is 9.97. The van der Waals surface area contributed by atoms with Crippen molar-refractivity contribution in [3.63, 3.8) is 0 Å². The molecule has 8 nitrogen and oxygen atoms in total. The van der Waals surface area contributed by atoms with E-state index in [1.807, 2.05) is 0 Å². The largest absolute Gasteiger partial charge is 0.465 e. The number of anilines is 2. The molecule has 0 unspecified atom stereocenters. The highest BCUT2D eigenvalue weighted by molar-refractivity contribution is 7.15. The van der Waals surface area contributed by atoms with Gasteiger partial charge in [-0.15, -0.1) is 22.7 Å². The molecule has 0 aliphatic heterocycles. The molecule has 2 aromatic heterocycles. The molecule has 0 fully saturated rings. The average Bonchev–Trinajstić information content (AvgIpc) is 3.68. The number of halogens is 8. The minimum absolute atomic E-state index is 0.0220. The number of thiophene rings is 2. The molecule has 18 heteroatoms. The Bertz CT molecular complexity index is 1800. The molecule has 4 rings (SSSR count). The van der Waals surface area contributed by atoms with Gasteiger partial charge in [-0.25, -0.2) is 9.59 Å². The molecule has 0 spiro atoms. The van der Waals surface area contributed by atoms with Crippen LogP contribution in [0.4, 0.5) is 45.1 Å². The van der Waals surface area contributed by atoms with Gasteiger partial charge >= 0.3 is 47.4 Å². The minimum atomic E-state index is -7.22. The van der Waals surface area contributed by atoms with Crippen LogP contribution in [-0.4, -0.2) is 61.7 Å². The number of hydrogen-bond acceptors (Lipinski definition) is 8. The van der Waals surface area contributed by atoms with Crippen molar-refractivity contribution in [2.75, 3.05) is 24.9 Å². The second kappa shape index (κ2) is 13.8. The molecule has 0 aliphatic rings. The third-order valence-corrected chi connectivity index (χ3v) is 9.08. The lowest BCUT2D eigenvalue weighted by Gasteiger charge is -2.35. The molecular weight excluding hydrogens is 724 g/mol. The van der Waals surface area contributed by atoms with E-state index in [4.69, 9.17) is 0 Å². The van der Waals surface area contributed by atoms with E-state index in [1.54, 1.807) is 38.1 Å². The van der Waals surface area contributed by atoms with Gasteiger partial charge in [-0.2, -0.15) is 35.1 Å². The molecule has 2 heterocycles. The van der Waals surface area contributed by atoms with Crippen LogP contribution in [0.5, 0.6) is 0 Å². The average molecular weight is 749 g/mol. The van der Waals surface area contributed by atoms with E-state index >= 15 is 0 Å². The Kier molecular flexibility index (Phi) is 10.5. The zero-order valence-electron chi connectivity index (χ0n) is 26.1. The van der Waals surface area contributed by atoms with E-state index in [2.05, 4.69) is 9.47 Å². The van der Waals surface area contributed by atoms with E-state index in [-0.39, 0.29) is 22.3 Å². The van der Waals surface area contributed by atoms with E-state index in [0.29, 0.717) is 22.7 Å². The van der Waals surface area contributed by atoms with Gasteiger partial charge in [0.25, 0.3) is 0 Å². The molecule has 266 valence electrons. The summed E-state index contributed by atoms with van der Waals surface area (Å²) in [7, 11) is 1.74. The molecule has 0 atom stereocenters. The molecule has 0 saturated carbocycles. The maximum Gasteiger partial charge on any atom is 0.393 e. The highest BCUT2D eigenvalue weighted by Crippen LogP contribution is 2.54. The first kappa shape index (κ1) is 38.0. The van der Waals surface area contributed by atoms with E-state index in [0.717, 1.165) is 36.1 Å². The first-order valence-corrected chi connectivity index (χ1v) is 15.7. The van der Waals surface area contributed by atoms with E-state index in [9.17, 15) is 54.3 Å². The predicted molar refractivity (Wildman–Crippen MR) is 169 cm³/mol. The first-order valence-electron chi connectivity index (χ1n) is 13.9. The summed E-state index contributed by atoms with van der Waals surface area (Å²) in [5, 5.41) is 3.06. The first-order chi connectivity index (χ1) is 23.2. The Morgan fingerprint density at radius 3 is 1.14 bits per heavy atom. The molecule has 0 bridgehead atoms. The van der Waals surface area contributed by atoms with E-state index < -0.39 is 68.6 Å². The summed E-state index contributed by atoms with van der Waals surface area (Å²) in [4.78, 5) is 49.9. The van der Waals surface area contributed by atoms with Crippen LogP contribution >= 0.6 is 22.7 Å². The monoisotopic (exact) mass is 748 g/mol. The summed E-state index contributed by atoms with van der Waals surface area (Å²) in [5.74, 6) is -36.6. The van der Waals surface area contributed by atoms with Crippen LogP contribution in [0, 0.1) is 13.8 Å². The van der Waals surface area contributed by atoms with E-state index in [1.165, 1.54) is 34.9 Å². The number of nitrogens with one attached hydrogen (secondary N) is 2. The fourth-order valence-corrected chi connectivity index (χ4v) is 6.35. The number of alkyl halides is 8. The number of carbonyl (C=O) groups is 4. The molecule has 0 aliphatic carbocycles. The molecule has 0 radical (unpaired) electrons. The van der Waals surface area contributed by atoms with Gasteiger partial charge in [0.1, 0.15) is 21.1 Å². The minimum Gasteiger partial charge on any atom is -0.465 e. The maximum atomic E-state index is 14.9. The molecule has 4 aromatic rings. The van der Waals surface area contributed by atoms with Gasteiger partial charge in [0.2, 0.25) is 0 Å². The normalized spacial score (nSPS) is 12.3. The molecule has 2 N–H and O–H groups in total. The summed E-state index contributed by atoms with van der Waals surface area (Å²) in [5.41, 5.74) is 0.842. The van der Waals surface area contributed by atoms with Gasteiger partial charge in [-0.05, 0) is 25.0 Å². The zero-order chi connectivity index (χ0) is 37.4. The van der Waals surface area contributed by atoms with Crippen LogP contribution < -0.4 is 10.6 Å². The van der Waals surface area contributed by atoms with Crippen LogP contribution in [0.25, 0.3) is 22.3 Å². The van der Waals surface area contributed by atoms with Crippen molar-refractivity contribution < 1.29 is 63.8 Å². The zero-order valence-corrected chi connectivity index (χ0v) is 27.7. The maximum absolute atomic E-state index is 14.9. The van der Waals surface area contributed by atoms with Crippen LogP contribution in [0.15, 0.2) is 59.3 Å². The molecule has 2 aromatic carbocycles. The Balaban J connectivity index is 1.64. The summed E-state index contributed by atoms with van der Waals surface area (Å²) in [6, 6.07) is 12.3. The van der Waals surface area contributed by atoms with Gasteiger partial charge in [-0.1, -0.05) is 59.7 Å². The lowest BCUT2D eigenvalue weighted by molar-refractivity contribution is -0.345. The number of esters is 2. The number of benzene rings is 2. The van der Waals surface area contributed by atoms with Crippen LogP contribution in [0.1, 0.15) is 31.8 Å². The highest BCUT2D eigenvalue weighted by Gasteiger charge is 2.84. The van der Waals surface area contributed by atoms with Crippen molar-refractivity contribution in [2.24, 2.45) is 0 Å². The summed E-state index contributed by atoms with van der Waals surface area (Å²) in [6.45, 7) is 3.44. The Morgan fingerprint density at radius 1 is 0.560 bits per heavy atom. The SMILES string of the molecule is COC(=O)c1c(-c2ccc(C)cc2)csc1NC(=O)C(F)(F)C(F)(F)C(F)(F)C(F)(F)C(=O)Nc1scc(-c2ccc(C)cc2)c1C(=O)OC. The molecule has 2 amide bonds. The van der Waals surface area contributed by atoms with Gasteiger partial charge in [-0.3, -0.25) is 9.59 Å². The van der Waals surface area contributed by atoms with Crippen LogP contribution in [0.3, 0.4) is 0 Å².